The Kier molecular flexibility index (Phi) is 5.36. The summed E-state index contributed by atoms with van der Waals surface area (Å²) >= 11 is 0. The molecule has 1 saturated heterocycles. The third-order valence-electron chi connectivity index (χ3n) is 5.39. The van der Waals surface area contributed by atoms with Crippen LogP contribution in [0.1, 0.15) is 24.2 Å². The number of morpholine rings is 1. The summed E-state index contributed by atoms with van der Waals surface area (Å²) in [5, 5.41) is 3.29. The van der Waals surface area contributed by atoms with Crippen LogP contribution >= 0.6 is 0 Å². The van der Waals surface area contributed by atoms with Crippen LogP contribution in [0.2, 0.25) is 0 Å². The van der Waals surface area contributed by atoms with Gasteiger partial charge in [-0.05, 0) is 44.2 Å². The third kappa shape index (κ3) is 4.09. The molecule has 1 N–H and O–H groups in total. The number of carbonyl (C=O) groups excluding carboxylic acids is 1. The molecule has 1 fully saturated rings. The number of nitrogens with zero attached hydrogens (tertiary/aromatic N) is 3. The van der Waals surface area contributed by atoms with Gasteiger partial charge in [0.25, 0.3) is 5.91 Å². The van der Waals surface area contributed by atoms with E-state index in [-0.39, 0.29) is 24.9 Å². The summed E-state index contributed by atoms with van der Waals surface area (Å²) in [6, 6.07) is 15.2. The highest BCUT2D eigenvalue weighted by Gasteiger charge is 2.29. The minimum atomic E-state index is -0.123. The first kappa shape index (κ1) is 20.3. The Labute approximate surface area is 186 Å². The van der Waals surface area contributed by atoms with Crippen molar-refractivity contribution < 1.29 is 19.0 Å². The zero-order chi connectivity index (χ0) is 22.1. The number of hydrogen-bond acceptors (Lipinski definition) is 7. The number of anilines is 2. The van der Waals surface area contributed by atoms with E-state index in [0.717, 1.165) is 11.3 Å². The number of hydrogen-bond donors (Lipinski definition) is 1. The molecule has 3 heterocycles. The van der Waals surface area contributed by atoms with Gasteiger partial charge in [-0.1, -0.05) is 18.2 Å². The van der Waals surface area contributed by atoms with Gasteiger partial charge in [-0.15, -0.1) is 0 Å². The molecule has 0 unspecified atom stereocenters. The molecule has 1 amide bonds. The first-order valence-corrected chi connectivity index (χ1v) is 10.6. The molecular weight excluding hydrogens is 408 g/mol. The zero-order valence-corrected chi connectivity index (χ0v) is 17.9. The average molecular weight is 432 g/mol. The predicted octanol–water partition coefficient (Wildman–Crippen LogP) is 3.87. The van der Waals surface area contributed by atoms with Gasteiger partial charge in [0.1, 0.15) is 11.4 Å². The molecule has 32 heavy (non-hydrogen) atoms. The van der Waals surface area contributed by atoms with Crippen LogP contribution in [0.25, 0.3) is 11.4 Å². The van der Waals surface area contributed by atoms with Crippen molar-refractivity contribution in [2.75, 3.05) is 25.2 Å². The molecule has 8 heteroatoms. The van der Waals surface area contributed by atoms with Crippen molar-refractivity contribution in [1.29, 1.82) is 0 Å². The largest absolute Gasteiger partial charge is 0.454 e. The summed E-state index contributed by atoms with van der Waals surface area (Å²) in [5.41, 5.74) is 2.03. The van der Waals surface area contributed by atoms with E-state index in [9.17, 15) is 4.79 Å². The number of aromatic nitrogens is 2. The van der Waals surface area contributed by atoms with E-state index in [1.54, 1.807) is 11.1 Å². The molecule has 0 aliphatic carbocycles. The van der Waals surface area contributed by atoms with Crippen LogP contribution in [0.4, 0.5) is 11.5 Å². The summed E-state index contributed by atoms with van der Waals surface area (Å²) < 4.78 is 16.7. The van der Waals surface area contributed by atoms with Gasteiger partial charge >= 0.3 is 0 Å². The first-order valence-electron chi connectivity index (χ1n) is 10.6. The third-order valence-corrected chi connectivity index (χ3v) is 5.39. The Hall–Kier alpha value is -3.65. The first-order chi connectivity index (χ1) is 15.6. The topological polar surface area (TPSA) is 85.8 Å². The van der Waals surface area contributed by atoms with E-state index in [1.807, 2.05) is 62.4 Å². The summed E-state index contributed by atoms with van der Waals surface area (Å²) in [4.78, 5) is 24.4. The Bertz CT molecular complexity index is 1130. The van der Waals surface area contributed by atoms with E-state index >= 15 is 0 Å². The summed E-state index contributed by atoms with van der Waals surface area (Å²) in [6.07, 6.45) is 1.54. The number of benzene rings is 2. The van der Waals surface area contributed by atoms with Gasteiger partial charge in [0.2, 0.25) is 6.79 Å². The number of fused-ring (bicyclic) bond motifs is 1. The number of amides is 1. The lowest BCUT2D eigenvalue weighted by molar-refractivity contribution is -0.0586. The van der Waals surface area contributed by atoms with Crippen molar-refractivity contribution in [1.82, 2.24) is 14.9 Å². The van der Waals surface area contributed by atoms with Gasteiger partial charge in [-0.2, -0.15) is 0 Å². The molecule has 2 aromatic carbocycles. The van der Waals surface area contributed by atoms with E-state index in [2.05, 4.69) is 10.3 Å². The second kappa shape index (κ2) is 8.47. The van der Waals surface area contributed by atoms with Crippen molar-refractivity contribution in [2.45, 2.75) is 26.1 Å². The molecule has 2 aliphatic rings. The van der Waals surface area contributed by atoms with Crippen LogP contribution in [0.3, 0.4) is 0 Å². The SMILES string of the molecule is C[C@@H]1CN(C(=O)c2cnc(-c3ccc4c(c3)OCO4)nc2Nc2ccccc2)C[C@@H](C)O1. The highest BCUT2D eigenvalue weighted by atomic mass is 16.7. The van der Waals surface area contributed by atoms with Crippen molar-refractivity contribution in [3.8, 4) is 22.9 Å². The molecule has 0 spiro atoms. The van der Waals surface area contributed by atoms with Crippen LogP contribution in [-0.4, -0.2) is 52.9 Å². The quantitative estimate of drug-likeness (QED) is 0.670. The smallest absolute Gasteiger partial charge is 0.259 e. The van der Waals surface area contributed by atoms with Crippen LogP contribution < -0.4 is 14.8 Å². The second-order valence-electron chi connectivity index (χ2n) is 7.98. The minimum absolute atomic E-state index is 0.0259. The number of nitrogens with one attached hydrogen (secondary N) is 1. The molecule has 1 aromatic heterocycles. The molecule has 0 bridgehead atoms. The van der Waals surface area contributed by atoms with Gasteiger partial charge in [0.05, 0.1) is 12.2 Å². The van der Waals surface area contributed by atoms with E-state index in [0.29, 0.717) is 41.8 Å². The second-order valence-corrected chi connectivity index (χ2v) is 7.98. The normalized spacial score (nSPS) is 19.6. The molecule has 2 atom stereocenters. The van der Waals surface area contributed by atoms with Gasteiger partial charge in [-0.3, -0.25) is 4.79 Å². The molecule has 0 saturated carbocycles. The lowest BCUT2D eigenvalue weighted by Gasteiger charge is -2.35. The number of rotatable bonds is 4. The molecule has 164 valence electrons. The highest BCUT2D eigenvalue weighted by Crippen LogP contribution is 2.35. The van der Waals surface area contributed by atoms with Gasteiger partial charge < -0.3 is 24.4 Å². The maximum atomic E-state index is 13.4. The molecule has 5 rings (SSSR count). The molecule has 8 nitrogen and oxygen atoms in total. The average Bonchev–Trinajstić information content (AvgIpc) is 3.27. The van der Waals surface area contributed by atoms with Crippen molar-refractivity contribution in [2.24, 2.45) is 0 Å². The maximum Gasteiger partial charge on any atom is 0.259 e. The van der Waals surface area contributed by atoms with Gasteiger partial charge in [0, 0.05) is 30.5 Å². The molecule has 2 aliphatic heterocycles. The van der Waals surface area contributed by atoms with Crippen LogP contribution in [0, 0.1) is 0 Å². The van der Waals surface area contributed by atoms with E-state index in [1.165, 1.54) is 0 Å². The Morgan fingerprint density at radius 1 is 1.03 bits per heavy atom. The standard InChI is InChI=1S/C24H24N4O4/c1-15-12-28(13-16(2)32-15)24(29)19-11-25-22(17-8-9-20-21(10-17)31-14-30-20)27-23(19)26-18-6-4-3-5-7-18/h3-11,15-16H,12-14H2,1-2H3,(H,25,26,27)/t15-,16-/m1/s1. The fourth-order valence-electron chi connectivity index (χ4n) is 3.98. The van der Waals surface area contributed by atoms with Crippen LogP contribution in [-0.2, 0) is 4.74 Å². The number of ether oxygens (including phenoxy) is 3. The molecule has 3 aromatic rings. The van der Waals surface area contributed by atoms with E-state index in [4.69, 9.17) is 19.2 Å². The van der Waals surface area contributed by atoms with Gasteiger partial charge in [0.15, 0.2) is 17.3 Å². The molecule has 0 radical (unpaired) electrons. The monoisotopic (exact) mass is 432 g/mol. The maximum absolute atomic E-state index is 13.4. The van der Waals surface area contributed by atoms with Crippen LogP contribution in [0.5, 0.6) is 11.5 Å². The summed E-state index contributed by atoms with van der Waals surface area (Å²) in [5.74, 6) is 2.17. The Morgan fingerprint density at radius 2 is 1.78 bits per heavy atom. The highest BCUT2D eigenvalue weighted by molar-refractivity contribution is 5.99. The van der Waals surface area contributed by atoms with Gasteiger partial charge in [-0.25, -0.2) is 9.97 Å². The lowest BCUT2D eigenvalue weighted by Crippen LogP contribution is -2.48. The zero-order valence-electron chi connectivity index (χ0n) is 17.9. The Balaban J connectivity index is 1.51. The number of para-hydroxylation sites is 1. The summed E-state index contributed by atoms with van der Waals surface area (Å²) in [7, 11) is 0. The Morgan fingerprint density at radius 3 is 2.56 bits per heavy atom. The minimum Gasteiger partial charge on any atom is -0.454 e. The van der Waals surface area contributed by atoms with Crippen molar-refractivity contribution >= 4 is 17.4 Å². The van der Waals surface area contributed by atoms with Crippen molar-refractivity contribution in [3.63, 3.8) is 0 Å². The summed E-state index contributed by atoms with van der Waals surface area (Å²) in [6.45, 7) is 5.19. The predicted molar refractivity (Wildman–Crippen MR) is 119 cm³/mol. The fraction of sp³-hybridized carbons (Fsp3) is 0.292. The molecular formula is C24H24N4O4. The lowest BCUT2D eigenvalue weighted by atomic mass is 10.1. The fourth-order valence-corrected chi connectivity index (χ4v) is 3.98. The number of carbonyl (C=O) groups is 1. The van der Waals surface area contributed by atoms with Crippen LogP contribution in [0.15, 0.2) is 54.7 Å². The van der Waals surface area contributed by atoms with E-state index < -0.39 is 0 Å². The van der Waals surface area contributed by atoms with Crippen molar-refractivity contribution in [3.05, 3.63) is 60.3 Å².